The summed E-state index contributed by atoms with van der Waals surface area (Å²) in [6.07, 6.45) is 1.88. The van der Waals surface area contributed by atoms with Crippen LogP contribution in [0.25, 0.3) is 0 Å². The van der Waals surface area contributed by atoms with Crippen molar-refractivity contribution >= 4 is 11.8 Å². The summed E-state index contributed by atoms with van der Waals surface area (Å²) in [5.41, 5.74) is -1.07. The van der Waals surface area contributed by atoms with Crippen molar-refractivity contribution in [3.8, 4) is 6.07 Å². The second-order valence-electron chi connectivity index (χ2n) is 2.40. The summed E-state index contributed by atoms with van der Waals surface area (Å²) in [4.78, 5) is 24.3. The summed E-state index contributed by atoms with van der Waals surface area (Å²) in [7, 11) is 0. The van der Waals surface area contributed by atoms with Gasteiger partial charge in [-0.3, -0.25) is 9.78 Å². The zero-order valence-corrected chi connectivity index (χ0v) is 8.30. The van der Waals surface area contributed by atoms with Crippen molar-refractivity contribution in [3.63, 3.8) is 0 Å². The van der Waals surface area contributed by atoms with Gasteiger partial charge >= 0.3 is 5.69 Å². The zero-order chi connectivity index (χ0) is 10.6. The lowest BCUT2D eigenvalue weighted by Gasteiger charge is -2.01. The maximum absolute atomic E-state index is 11.1. The molecule has 1 aromatic rings. The van der Waals surface area contributed by atoms with Crippen molar-refractivity contribution in [2.75, 3.05) is 6.26 Å². The van der Waals surface area contributed by atoms with Crippen LogP contribution in [-0.2, 0) is 6.54 Å². The number of rotatable bonds is 3. The first-order valence-electron chi connectivity index (χ1n) is 3.81. The average molecular weight is 212 g/mol. The molecule has 1 aromatic heterocycles. The van der Waals surface area contributed by atoms with E-state index in [1.165, 1.54) is 0 Å². The minimum atomic E-state index is -0.581. The van der Waals surface area contributed by atoms with Crippen LogP contribution in [0.4, 0.5) is 0 Å². The Morgan fingerprint density at radius 3 is 2.93 bits per heavy atom. The molecule has 0 unspecified atom stereocenters. The van der Waals surface area contributed by atoms with Crippen LogP contribution in [0.1, 0.15) is 6.42 Å². The van der Waals surface area contributed by atoms with Crippen LogP contribution in [0.2, 0.25) is 0 Å². The molecule has 0 fully saturated rings. The van der Waals surface area contributed by atoms with E-state index in [1.807, 2.05) is 6.07 Å². The molecule has 0 atom stereocenters. The van der Waals surface area contributed by atoms with Gasteiger partial charge in [-0.1, -0.05) is 0 Å². The van der Waals surface area contributed by atoms with E-state index in [-0.39, 0.29) is 18.0 Å². The predicted molar refractivity (Wildman–Crippen MR) is 51.1 cm³/mol. The van der Waals surface area contributed by atoms with Gasteiger partial charge < -0.3 is 0 Å². The summed E-state index contributed by atoms with van der Waals surface area (Å²) < 4.78 is 1.08. The molecule has 1 heterocycles. The monoisotopic (exact) mass is 212 g/mol. The van der Waals surface area contributed by atoms with Gasteiger partial charge in [-0.2, -0.15) is 10.4 Å². The van der Waals surface area contributed by atoms with Gasteiger partial charge in [-0.15, -0.1) is 11.8 Å². The summed E-state index contributed by atoms with van der Waals surface area (Å²) in [5, 5.41) is 12.4. The number of nitrogens with one attached hydrogen (secondary N) is 1. The fraction of sp³-hybridized carbons (Fsp3) is 0.429. The van der Waals surface area contributed by atoms with E-state index in [4.69, 9.17) is 5.26 Å². The lowest BCUT2D eigenvalue weighted by molar-refractivity contribution is 0.536. The largest absolute Gasteiger partial charge is 0.344 e. The van der Waals surface area contributed by atoms with Gasteiger partial charge in [-0.25, -0.2) is 9.48 Å². The lowest BCUT2D eigenvalue weighted by Crippen LogP contribution is -2.33. The molecule has 0 radical (unpaired) electrons. The molecule has 0 spiro atoms. The fourth-order valence-electron chi connectivity index (χ4n) is 0.857. The summed E-state index contributed by atoms with van der Waals surface area (Å²) in [6, 6.07) is 1.90. The van der Waals surface area contributed by atoms with Crippen LogP contribution in [0.15, 0.2) is 14.6 Å². The van der Waals surface area contributed by atoms with Gasteiger partial charge in [0.05, 0.1) is 19.0 Å². The summed E-state index contributed by atoms with van der Waals surface area (Å²) >= 11 is 1.15. The Labute approximate surface area is 83.6 Å². The molecule has 6 nitrogen and oxygen atoms in total. The van der Waals surface area contributed by atoms with E-state index in [0.29, 0.717) is 0 Å². The predicted octanol–water partition coefficient (Wildman–Crippen LogP) is -0.433. The van der Waals surface area contributed by atoms with Gasteiger partial charge in [0.1, 0.15) is 0 Å². The molecule has 0 aliphatic heterocycles. The molecule has 0 aromatic carbocycles. The number of nitrogens with zero attached hydrogens (tertiary/aromatic N) is 3. The van der Waals surface area contributed by atoms with Crippen LogP contribution in [0.5, 0.6) is 0 Å². The van der Waals surface area contributed by atoms with Crippen molar-refractivity contribution in [2.24, 2.45) is 0 Å². The Morgan fingerprint density at radius 2 is 2.36 bits per heavy atom. The van der Waals surface area contributed by atoms with Gasteiger partial charge in [0, 0.05) is 0 Å². The highest BCUT2D eigenvalue weighted by atomic mass is 32.2. The molecule has 0 saturated heterocycles. The number of thioether (sulfide) groups is 1. The van der Waals surface area contributed by atoms with Crippen molar-refractivity contribution < 1.29 is 0 Å². The normalized spacial score (nSPS) is 9.71. The Morgan fingerprint density at radius 1 is 1.64 bits per heavy atom. The second-order valence-corrected chi connectivity index (χ2v) is 3.19. The molecule has 0 bridgehead atoms. The minimum Gasteiger partial charge on any atom is -0.270 e. The highest BCUT2D eigenvalue weighted by molar-refractivity contribution is 7.98. The number of H-pyrrole nitrogens is 1. The molecule has 0 saturated carbocycles. The maximum atomic E-state index is 11.1. The van der Waals surface area contributed by atoms with E-state index in [0.717, 1.165) is 16.4 Å². The van der Waals surface area contributed by atoms with Crippen molar-refractivity contribution in [2.45, 2.75) is 18.0 Å². The van der Waals surface area contributed by atoms with Crippen molar-refractivity contribution in [3.05, 3.63) is 20.8 Å². The minimum absolute atomic E-state index is 0.187. The molecule has 14 heavy (non-hydrogen) atoms. The van der Waals surface area contributed by atoms with Crippen molar-refractivity contribution in [1.82, 2.24) is 14.8 Å². The molecule has 1 N–H and O–H groups in total. The first-order valence-corrected chi connectivity index (χ1v) is 5.04. The van der Waals surface area contributed by atoms with Gasteiger partial charge in [0.2, 0.25) is 0 Å². The van der Waals surface area contributed by atoms with Crippen LogP contribution >= 0.6 is 11.8 Å². The summed E-state index contributed by atoms with van der Waals surface area (Å²) in [6.45, 7) is 0.194. The Bertz CT molecular complexity index is 470. The van der Waals surface area contributed by atoms with Crippen LogP contribution in [-0.4, -0.2) is 21.0 Å². The van der Waals surface area contributed by atoms with Gasteiger partial charge in [0.15, 0.2) is 5.03 Å². The molecule has 1 rings (SSSR count). The topological polar surface area (TPSA) is 91.5 Å². The van der Waals surface area contributed by atoms with Gasteiger partial charge in [0.25, 0.3) is 5.56 Å². The number of aryl methyl sites for hydroxylation is 1. The fourth-order valence-corrected chi connectivity index (χ4v) is 1.27. The molecular weight excluding hydrogens is 204 g/mol. The highest BCUT2D eigenvalue weighted by Gasteiger charge is 2.04. The molecular formula is C7H8N4O2S. The zero-order valence-electron chi connectivity index (χ0n) is 7.48. The summed E-state index contributed by atoms with van der Waals surface area (Å²) in [5.74, 6) is 0. The quantitative estimate of drug-likeness (QED) is 0.686. The number of nitriles is 1. The highest BCUT2D eigenvalue weighted by Crippen LogP contribution is 2.00. The third-order valence-corrected chi connectivity index (χ3v) is 2.14. The number of aromatic nitrogens is 3. The van der Waals surface area contributed by atoms with E-state index in [9.17, 15) is 9.59 Å². The Kier molecular flexibility index (Phi) is 3.48. The van der Waals surface area contributed by atoms with Crippen LogP contribution in [0, 0.1) is 11.3 Å². The average Bonchev–Trinajstić information content (AvgIpc) is 2.17. The van der Waals surface area contributed by atoms with Crippen molar-refractivity contribution in [1.29, 1.82) is 5.26 Å². The number of hydrogen-bond acceptors (Lipinski definition) is 5. The van der Waals surface area contributed by atoms with E-state index in [1.54, 1.807) is 6.26 Å². The smallest absolute Gasteiger partial charge is 0.270 e. The first kappa shape index (κ1) is 10.5. The Balaban J connectivity index is 3.13. The first-order chi connectivity index (χ1) is 6.69. The lowest BCUT2D eigenvalue weighted by atomic mass is 10.5. The maximum Gasteiger partial charge on any atom is 0.344 e. The second kappa shape index (κ2) is 4.62. The van der Waals surface area contributed by atoms with Crippen LogP contribution in [0.3, 0.4) is 0 Å². The SMILES string of the molecule is CSc1nn(CCC#N)c(=O)[nH]c1=O. The third-order valence-electron chi connectivity index (χ3n) is 1.49. The molecule has 0 amide bonds. The van der Waals surface area contributed by atoms with E-state index < -0.39 is 11.2 Å². The standard InChI is InChI=1S/C7H8N4O2S/c1-14-6-5(12)9-7(13)11(10-6)4-2-3-8/h2,4H2,1H3,(H,9,12,13). The number of hydrogen-bond donors (Lipinski definition) is 1. The van der Waals surface area contributed by atoms with E-state index >= 15 is 0 Å². The molecule has 74 valence electrons. The third kappa shape index (κ3) is 2.23. The molecule has 7 heteroatoms. The Hall–Kier alpha value is -1.55. The van der Waals surface area contributed by atoms with Crippen LogP contribution < -0.4 is 11.2 Å². The number of aromatic amines is 1. The van der Waals surface area contributed by atoms with E-state index in [2.05, 4.69) is 10.1 Å². The molecule has 0 aliphatic rings. The molecule has 0 aliphatic carbocycles. The van der Waals surface area contributed by atoms with Gasteiger partial charge in [-0.05, 0) is 6.26 Å².